The fourth-order valence-corrected chi connectivity index (χ4v) is 2.63. The predicted molar refractivity (Wildman–Crippen MR) is 71.0 cm³/mol. The third-order valence-corrected chi connectivity index (χ3v) is 3.85. The van der Waals surface area contributed by atoms with Crippen molar-refractivity contribution in [2.45, 2.75) is 39.3 Å². The number of ether oxygens (including phenoxy) is 1. The molecule has 0 fully saturated rings. The highest BCUT2D eigenvalue weighted by Crippen LogP contribution is 2.23. The molecule has 1 aromatic rings. The van der Waals surface area contributed by atoms with Gasteiger partial charge in [-0.2, -0.15) is 0 Å². The molecule has 2 atom stereocenters. The van der Waals surface area contributed by atoms with Gasteiger partial charge in [-0.3, -0.25) is 0 Å². The summed E-state index contributed by atoms with van der Waals surface area (Å²) in [7, 11) is 1.77. The molecule has 2 nitrogen and oxygen atoms in total. The SMILES string of the molecule is CCC(NC(COC)C(C)C)c1cccs1. The molecule has 16 heavy (non-hydrogen) atoms. The summed E-state index contributed by atoms with van der Waals surface area (Å²) in [5, 5.41) is 5.83. The minimum Gasteiger partial charge on any atom is -0.383 e. The van der Waals surface area contributed by atoms with Gasteiger partial charge in [0.25, 0.3) is 0 Å². The van der Waals surface area contributed by atoms with Gasteiger partial charge in [0.15, 0.2) is 0 Å². The van der Waals surface area contributed by atoms with E-state index < -0.39 is 0 Å². The number of methoxy groups -OCH3 is 1. The monoisotopic (exact) mass is 241 g/mol. The predicted octanol–water partition coefficient (Wildman–Crippen LogP) is 3.46. The number of hydrogen-bond donors (Lipinski definition) is 1. The fourth-order valence-electron chi connectivity index (χ4n) is 1.76. The third-order valence-electron chi connectivity index (χ3n) is 2.86. The number of nitrogens with one attached hydrogen (secondary N) is 1. The van der Waals surface area contributed by atoms with E-state index in [2.05, 4.69) is 43.6 Å². The van der Waals surface area contributed by atoms with Crippen LogP contribution < -0.4 is 5.32 Å². The van der Waals surface area contributed by atoms with E-state index in [0.717, 1.165) is 13.0 Å². The zero-order chi connectivity index (χ0) is 12.0. The molecule has 1 aromatic heterocycles. The molecule has 0 aliphatic heterocycles. The van der Waals surface area contributed by atoms with Crippen LogP contribution in [0.3, 0.4) is 0 Å². The van der Waals surface area contributed by atoms with Crippen LogP contribution in [-0.4, -0.2) is 19.8 Å². The quantitative estimate of drug-likeness (QED) is 0.789. The zero-order valence-corrected chi connectivity index (χ0v) is 11.5. The Morgan fingerprint density at radius 1 is 1.44 bits per heavy atom. The topological polar surface area (TPSA) is 21.3 Å². The van der Waals surface area contributed by atoms with Crippen LogP contribution in [0.2, 0.25) is 0 Å². The summed E-state index contributed by atoms with van der Waals surface area (Å²) >= 11 is 1.82. The van der Waals surface area contributed by atoms with E-state index in [1.807, 2.05) is 11.3 Å². The Hall–Kier alpha value is -0.380. The second kappa shape index (κ2) is 7.05. The lowest BCUT2D eigenvalue weighted by Crippen LogP contribution is -2.39. The maximum Gasteiger partial charge on any atom is 0.0618 e. The minimum absolute atomic E-state index is 0.428. The lowest BCUT2D eigenvalue weighted by molar-refractivity contribution is 0.140. The van der Waals surface area contributed by atoms with E-state index >= 15 is 0 Å². The Kier molecular flexibility index (Phi) is 6.03. The molecular formula is C13H23NOS. The van der Waals surface area contributed by atoms with Crippen LogP contribution in [0.15, 0.2) is 17.5 Å². The van der Waals surface area contributed by atoms with Crippen molar-refractivity contribution in [2.24, 2.45) is 5.92 Å². The van der Waals surface area contributed by atoms with Crippen LogP contribution >= 0.6 is 11.3 Å². The zero-order valence-electron chi connectivity index (χ0n) is 10.7. The van der Waals surface area contributed by atoms with Crippen LogP contribution in [-0.2, 0) is 4.74 Å². The van der Waals surface area contributed by atoms with E-state index in [4.69, 9.17) is 4.74 Å². The second-order valence-electron chi connectivity index (χ2n) is 4.45. The van der Waals surface area contributed by atoms with Crippen molar-refractivity contribution in [3.63, 3.8) is 0 Å². The average Bonchev–Trinajstić information content (AvgIpc) is 2.77. The Balaban J connectivity index is 2.60. The van der Waals surface area contributed by atoms with Gasteiger partial charge >= 0.3 is 0 Å². The van der Waals surface area contributed by atoms with Crippen molar-refractivity contribution in [1.82, 2.24) is 5.32 Å². The van der Waals surface area contributed by atoms with E-state index in [0.29, 0.717) is 18.0 Å². The van der Waals surface area contributed by atoms with E-state index in [-0.39, 0.29) is 0 Å². The van der Waals surface area contributed by atoms with Crippen LogP contribution in [0.4, 0.5) is 0 Å². The first-order valence-corrected chi connectivity index (χ1v) is 6.85. The highest BCUT2D eigenvalue weighted by Gasteiger charge is 2.18. The van der Waals surface area contributed by atoms with Crippen LogP contribution in [0.1, 0.15) is 38.1 Å². The highest BCUT2D eigenvalue weighted by atomic mass is 32.1. The fraction of sp³-hybridized carbons (Fsp3) is 0.692. The molecular weight excluding hydrogens is 218 g/mol. The normalized spacial score (nSPS) is 15.3. The molecule has 0 spiro atoms. The van der Waals surface area contributed by atoms with Gasteiger partial charge in [0.1, 0.15) is 0 Å². The summed E-state index contributed by atoms with van der Waals surface area (Å²) in [6.45, 7) is 7.47. The first-order valence-electron chi connectivity index (χ1n) is 5.97. The summed E-state index contributed by atoms with van der Waals surface area (Å²) < 4.78 is 5.27. The van der Waals surface area contributed by atoms with Gasteiger partial charge in [0.05, 0.1) is 6.61 Å². The summed E-state index contributed by atoms with van der Waals surface area (Å²) in [5.74, 6) is 0.592. The smallest absolute Gasteiger partial charge is 0.0618 e. The van der Waals surface area contributed by atoms with Crippen molar-refractivity contribution >= 4 is 11.3 Å². The second-order valence-corrected chi connectivity index (χ2v) is 5.43. The van der Waals surface area contributed by atoms with Crippen molar-refractivity contribution in [1.29, 1.82) is 0 Å². The first kappa shape index (κ1) is 13.7. The number of rotatable bonds is 7. The standard InChI is InChI=1S/C13H23NOS/c1-5-11(13-7-6-8-16-13)14-12(9-15-4)10(2)3/h6-8,10-12,14H,5,9H2,1-4H3. The van der Waals surface area contributed by atoms with Gasteiger partial charge in [-0.05, 0) is 23.8 Å². The van der Waals surface area contributed by atoms with Crippen LogP contribution in [0, 0.1) is 5.92 Å². The van der Waals surface area contributed by atoms with E-state index in [9.17, 15) is 0 Å². The van der Waals surface area contributed by atoms with Crippen molar-refractivity contribution in [3.8, 4) is 0 Å². The molecule has 0 amide bonds. The molecule has 1 heterocycles. The number of thiophene rings is 1. The third kappa shape index (κ3) is 3.89. The summed E-state index contributed by atoms with van der Waals surface area (Å²) in [4.78, 5) is 1.42. The molecule has 1 rings (SSSR count). The van der Waals surface area contributed by atoms with E-state index in [1.165, 1.54) is 4.88 Å². The Labute approximate surface area is 103 Å². The van der Waals surface area contributed by atoms with Crippen LogP contribution in [0.25, 0.3) is 0 Å². The van der Waals surface area contributed by atoms with Gasteiger partial charge in [-0.15, -0.1) is 11.3 Å². The van der Waals surface area contributed by atoms with Crippen LogP contribution in [0.5, 0.6) is 0 Å². The van der Waals surface area contributed by atoms with Crippen molar-refractivity contribution in [2.75, 3.05) is 13.7 Å². The summed E-state index contributed by atoms with van der Waals surface area (Å²) in [6, 6.07) is 5.21. The average molecular weight is 241 g/mol. The Morgan fingerprint density at radius 2 is 2.19 bits per heavy atom. The van der Waals surface area contributed by atoms with Gasteiger partial charge in [0, 0.05) is 24.1 Å². The molecule has 3 heteroatoms. The van der Waals surface area contributed by atoms with Crippen molar-refractivity contribution in [3.05, 3.63) is 22.4 Å². The molecule has 0 radical (unpaired) electrons. The minimum atomic E-state index is 0.428. The maximum atomic E-state index is 5.27. The summed E-state index contributed by atoms with van der Waals surface area (Å²) in [6.07, 6.45) is 1.12. The highest BCUT2D eigenvalue weighted by molar-refractivity contribution is 7.10. The Bertz CT molecular complexity index is 271. The Morgan fingerprint density at radius 3 is 2.62 bits per heavy atom. The van der Waals surface area contributed by atoms with Gasteiger partial charge in [0.2, 0.25) is 0 Å². The molecule has 92 valence electrons. The van der Waals surface area contributed by atoms with E-state index in [1.54, 1.807) is 7.11 Å². The lowest BCUT2D eigenvalue weighted by atomic mass is 10.0. The molecule has 0 aliphatic carbocycles. The van der Waals surface area contributed by atoms with Gasteiger partial charge < -0.3 is 10.1 Å². The number of hydrogen-bond acceptors (Lipinski definition) is 3. The molecule has 0 saturated heterocycles. The van der Waals surface area contributed by atoms with Gasteiger partial charge in [-0.1, -0.05) is 26.8 Å². The first-order chi connectivity index (χ1) is 7.69. The lowest BCUT2D eigenvalue weighted by Gasteiger charge is -2.26. The molecule has 0 aromatic carbocycles. The molecule has 0 saturated carbocycles. The van der Waals surface area contributed by atoms with Gasteiger partial charge in [-0.25, -0.2) is 0 Å². The molecule has 1 N–H and O–H groups in total. The molecule has 0 bridgehead atoms. The summed E-state index contributed by atoms with van der Waals surface area (Å²) in [5.41, 5.74) is 0. The van der Waals surface area contributed by atoms with Crippen molar-refractivity contribution < 1.29 is 4.74 Å². The molecule has 0 aliphatic rings. The largest absolute Gasteiger partial charge is 0.383 e. The maximum absolute atomic E-state index is 5.27. The molecule has 2 unspecified atom stereocenters.